The van der Waals surface area contributed by atoms with E-state index < -0.39 is 0 Å². The van der Waals surface area contributed by atoms with Gasteiger partial charge in [0.2, 0.25) is 0 Å². The molecule has 2 N–H and O–H groups in total. The highest BCUT2D eigenvalue weighted by atomic mass is 16.6. The average Bonchev–Trinajstić information content (AvgIpc) is 2.26. The number of fused-ring (bicyclic) bond motifs is 1. The van der Waals surface area contributed by atoms with Crippen LogP contribution in [-0.4, -0.2) is 25.4 Å². The summed E-state index contributed by atoms with van der Waals surface area (Å²) in [5.41, 5.74) is 8.88. The van der Waals surface area contributed by atoms with E-state index in [0.29, 0.717) is 0 Å². The van der Waals surface area contributed by atoms with Crippen LogP contribution in [-0.2, 0) is 15.9 Å². The second-order valence-electron chi connectivity index (χ2n) is 4.60. The first kappa shape index (κ1) is 10.3. The first-order valence-corrected chi connectivity index (χ1v) is 5.91. The van der Waals surface area contributed by atoms with Gasteiger partial charge in [-0.15, -0.1) is 0 Å². The lowest BCUT2D eigenvalue weighted by Crippen LogP contribution is -2.43. The minimum atomic E-state index is 0.0190. The van der Waals surface area contributed by atoms with Gasteiger partial charge in [0.1, 0.15) is 6.10 Å². The highest BCUT2D eigenvalue weighted by Crippen LogP contribution is 2.31. The maximum Gasteiger partial charge on any atom is 0.105 e. The summed E-state index contributed by atoms with van der Waals surface area (Å²) < 4.78 is 11.1. The lowest BCUT2D eigenvalue weighted by Gasteiger charge is -2.36. The lowest BCUT2D eigenvalue weighted by molar-refractivity contribution is -0.161. The Labute approximate surface area is 95.5 Å². The molecule has 1 aromatic carbocycles. The van der Waals surface area contributed by atoms with E-state index in [1.54, 1.807) is 0 Å². The van der Waals surface area contributed by atoms with E-state index >= 15 is 0 Å². The predicted molar refractivity (Wildman–Crippen MR) is 61.2 cm³/mol. The molecule has 0 spiro atoms. The van der Waals surface area contributed by atoms with Gasteiger partial charge in [0.15, 0.2) is 0 Å². The number of hydrogen-bond acceptors (Lipinski definition) is 3. The minimum Gasteiger partial charge on any atom is -0.376 e. The molecular formula is C13H17NO2. The third-order valence-electron chi connectivity index (χ3n) is 3.49. The van der Waals surface area contributed by atoms with Gasteiger partial charge in [-0.05, 0) is 24.0 Å². The van der Waals surface area contributed by atoms with Crippen molar-refractivity contribution in [1.82, 2.24) is 0 Å². The van der Waals surface area contributed by atoms with E-state index in [-0.39, 0.29) is 18.2 Å². The van der Waals surface area contributed by atoms with Gasteiger partial charge < -0.3 is 15.2 Å². The summed E-state index contributed by atoms with van der Waals surface area (Å²) in [4.78, 5) is 0. The predicted octanol–water partition coefficient (Wildman–Crippen LogP) is 1.42. The molecule has 16 heavy (non-hydrogen) atoms. The third kappa shape index (κ3) is 1.75. The van der Waals surface area contributed by atoms with Crippen molar-refractivity contribution >= 4 is 0 Å². The zero-order valence-corrected chi connectivity index (χ0v) is 9.26. The smallest absolute Gasteiger partial charge is 0.105 e. The molecule has 0 saturated carbocycles. The summed E-state index contributed by atoms with van der Waals surface area (Å²) in [6, 6.07) is 8.43. The first-order chi connectivity index (χ1) is 7.84. The maximum absolute atomic E-state index is 6.25. The monoisotopic (exact) mass is 219 g/mol. The fourth-order valence-electron chi connectivity index (χ4n) is 2.46. The molecule has 1 fully saturated rings. The van der Waals surface area contributed by atoms with Crippen LogP contribution < -0.4 is 5.73 Å². The largest absolute Gasteiger partial charge is 0.376 e. The Morgan fingerprint density at radius 2 is 2.06 bits per heavy atom. The molecular weight excluding hydrogens is 202 g/mol. The third-order valence-corrected chi connectivity index (χ3v) is 3.49. The highest BCUT2D eigenvalue weighted by Gasteiger charge is 2.31. The lowest BCUT2D eigenvalue weighted by atomic mass is 9.86. The molecule has 0 bridgehead atoms. The molecule has 1 aromatic rings. The van der Waals surface area contributed by atoms with Crippen LogP contribution in [0.25, 0.3) is 0 Å². The molecule has 86 valence electrons. The van der Waals surface area contributed by atoms with Crippen molar-refractivity contribution in [2.75, 3.05) is 13.2 Å². The zero-order valence-electron chi connectivity index (χ0n) is 9.26. The van der Waals surface area contributed by atoms with Crippen LogP contribution in [0, 0.1) is 0 Å². The summed E-state index contributed by atoms with van der Waals surface area (Å²) in [5.74, 6) is 0. The Morgan fingerprint density at radius 1 is 1.25 bits per heavy atom. The van der Waals surface area contributed by atoms with Crippen LogP contribution in [0.15, 0.2) is 24.3 Å². The molecule has 1 heterocycles. The van der Waals surface area contributed by atoms with E-state index in [4.69, 9.17) is 15.2 Å². The second-order valence-corrected chi connectivity index (χ2v) is 4.60. The summed E-state index contributed by atoms with van der Waals surface area (Å²) in [5, 5.41) is 0. The van der Waals surface area contributed by atoms with Gasteiger partial charge in [0.05, 0.1) is 25.4 Å². The van der Waals surface area contributed by atoms with E-state index in [9.17, 15) is 0 Å². The van der Waals surface area contributed by atoms with Gasteiger partial charge >= 0.3 is 0 Å². The number of aryl methyl sites for hydroxylation is 1. The van der Waals surface area contributed by atoms with E-state index in [1.807, 2.05) is 6.07 Å². The normalized spacial score (nSPS) is 29.6. The standard InChI is InChI=1S/C13H17NO2/c14-13-11-4-2-1-3-9(11)5-6-12(13)16-10-7-15-8-10/h1-4,10,12-13H,5-8,14H2. The molecule has 0 radical (unpaired) electrons. The average molecular weight is 219 g/mol. The second kappa shape index (κ2) is 4.17. The Balaban J connectivity index is 1.75. The molecule has 1 saturated heterocycles. The maximum atomic E-state index is 6.25. The van der Waals surface area contributed by atoms with Gasteiger partial charge in [-0.3, -0.25) is 0 Å². The van der Waals surface area contributed by atoms with Gasteiger partial charge in [0, 0.05) is 0 Å². The van der Waals surface area contributed by atoms with E-state index in [2.05, 4.69) is 18.2 Å². The Hall–Kier alpha value is -0.900. The fraction of sp³-hybridized carbons (Fsp3) is 0.538. The Morgan fingerprint density at radius 3 is 2.81 bits per heavy atom. The molecule has 1 aliphatic carbocycles. The topological polar surface area (TPSA) is 44.5 Å². The van der Waals surface area contributed by atoms with Crippen LogP contribution in [0.2, 0.25) is 0 Å². The number of ether oxygens (including phenoxy) is 2. The Kier molecular flexibility index (Phi) is 2.67. The van der Waals surface area contributed by atoms with Gasteiger partial charge in [0.25, 0.3) is 0 Å². The van der Waals surface area contributed by atoms with Crippen molar-refractivity contribution in [3.8, 4) is 0 Å². The summed E-state index contributed by atoms with van der Waals surface area (Å²) >= 11 is 0. The molecule has 1 aliphatic heterocycles. The molecule has 0 amide bonds. The summed E-state index contributed by atoms with van der Waals surface area (Å²) in [7, 11) is 0. The number of rotatable bonds is 2. The highest BCUT2D eigenvalue weighted by molar-refractivity contribution is 5.33. The van der Waals surface area contributed by atoms with Crippen LogP contribution in [0.3, 0.4) is 0 Å². The number of benzene rings is 1. The minimum absolute atomic E-state index is 0.0190. The van der Waals surface area contributed by atoms with Crippen molar-refractivity contribution in [2.45, 2.75) is 31.1 Å². The van der Waals surface area contributed by atoms with Gasteiger partial charge in [-0.1, -0.05) is 24.3 Å². The zero-order chi connectivity index (χ0) is 11.0. The van der Waals surface area contributed by atoms with Crippen molar-refractivity contribution in [3.05, 3.63) is 35.4 Å². The molecule has 0 aromatic heterocycles. The fourth-order valence-corrected chi connectivity index (χ4v) is 2.46. The summed E-state index contributed by atoms with van der Waals surface area (Å²) in [6.45, 7) is 1.45. The molecule has 3 nitrogen and oxygen atoms in total. The van der Waals surface area contributed by atoms with Crippen molar-refractivity contribution in [3.63, 3.8) is 0 Å². The summed E-state index contributed by atoms with van der Waals surface area (Å²) in [6.07, 6.45) is 2.52. The van der Waals surface area contributed by atoms with Crippen LogP contribution in [0.5, 0.6) is 0 Å². The molecule has 2 aliphatic rings. The number of hydrogen-bond donors (Lipinski definition) is 1. The van der Waals surface area contributed by atoms with Crippen molar-refractivity contribution < 1.29 is 9.47 Å². The van der Waals surface area contributed by atoms with E-state index in [0.717, 1.165) is 26.1 Å². The van der Waals surface area contributed by atoms with Crippen LogP contribution in [0.1, 0.15) is 23.6 Å². The number of nitrogens with two attached hydrogens (primary N) is 1. The SMILES string of the molecule is NC1c2ccccc2CCC1OC1COC1. The molecule has 3 heteroatoms. The van der Waals surface area contributed by atoms with Gasteiger partial charge in [-0.25, -0.2) is 0 Å². The Bertz CT molecular complexity index is 376. The van der Waals surface area contributed by atoms with Crippen molar-refractivity contribution in [2.24, 2.45) is 5.73 Å². The first-order valence-electron chi connectivity index (χ1n) is 5.91. The molecule has 3 rings (SSSR count). The molecule has 2 atom stereocenters. The van der Waals surface area contributed by atoms with Crippen LogP contribution in [0.4, 0.5) is 0 Å². The van der Waals surface area contributed by atoms with E-state index in [1.165, 1.54) is 11.1 Å². The van der Waals surface area contributed by atoms with Gasteiger partial charge in [-0.2, -0.15) is 0 Å². The van der Waals surface area contributed by atoms with Crippen molar-refractivity contribution in [1.29, 1.82) is 0 Å². The van der Waals surface area contributed by atoms with Crippen LogP contribution >= 0.6 is 0 Å². The quantitative estimate of drug-likeness (QED) is 0.818. The molecule has 2 unspecified atom stereocenters.